The third-order valence-electron chi connectivity index (χ3n) is 4.28. The highest BCUT2D eigenvalue weighted by atomic mass is 16.5. The standard InChI is InChI=1S/C21H23NO3/c1-5-14(2)22-19-13-21(15-6-8-16(23-3)9-7-15)25-20-11-10-17(24-4)12-18(19)20/h6-14H,5H2,1-4H3. The highest BCUT2D eigenvalue weighted by molar-refractivity contribution is 5.80. The van der Waals surface area contributed by atoms with Crippen LogP contribution in [0.3, 0.4) is 0 Å². The molecule has 0 bridgehead atoms. The highest BCUT2D eigenvalue weighted by Gasteiger charge is 2.08. The van der Waals surface area contributed by atoms with Gasteiger partial charge in [0.25, 0.3) is 0 Å². The Labute approximate surface area is 147 Å². The Morgan fingerprint density at radius 2 is 1.64 bits per heavy atom. The lowest BCUT2D eigenvalue weighted by Gasteiger charge is -2.08. The number of fused-ring (bicyclic) bond motifs is 1. The van der Waals surface area contributed by atoms with Crippen LogP contribution in [0.5, 0.6) is 11.5 Å². The van der Waals surface area contributed by atoms with Gasteiger partial charge in [0.15, 0.2) is 0 Å². The highest BCUT2D eigenvalue weighted by Crippen LogP contribution is 2.26. The number of nitrogens with zero attached hydrogens (tertiary/aromatic N) is 1. The second kappa shape index (κ2) is 7.43. The molecule has 3 aromatic rings. The van der Waals surface area contributed by atoms with Crippen molar-refractivity contribution in [2.24, 2.45) is 4.99 Å². The van der Waals surface area contributed by atoms with Crippen molar-refractivity contribution in [3.63, 3.8) is 0 Å². The van der Waals surface area contributed by atoms with Crippen LogP contribution >= 0.6 is 0 Å². The van der Waals surface area contributed by atoms with E-state index >= 15 is 0 Å². The van der Waals surface area contributed by atoms with Crippen molar-refractivity contribution in [1.29, 1.82) is 0 Å². The lowest BCUT2D eigenvalue weighted by molar-refractivity contribution is 0.414. The predicted octanol–water partition coefficient (Wildman–Crippen LogP) is 4.82. The van der Waals surface area contributed by atoms with E-state index < -0.39 is 0 Å². The lowest BCUT2D eigenvalue weighted by Crippen LogP contribution is -2.09. The molecule has 1 unspecified atom stereocenters. The number of methoxy groups -OCH3 is 2. The molecule has 0 aliphatic heterocycles. The van der Waals surface area contributed by atoms with Gasteiger partial charge in [-0.1, -0.05) is 6.92 Å². The maximum Gasteiger partial charge on any atom is 0.137 e. The normalized spacial score (nSPS) is 13.0. The molecule has 3 rings (SSSR count). The maximum absolute atomic E-state index is 6.12. The van der Waals surface area contributed by atoms with Crippen molar-refractivity contribution < 1.29 is 13.9 Å². The molecule has 0 radical (unpaired) electrons. The molecular weight excluding hydrogens is 314 g/mol. The van der Waals surface area contributed by atoms with E-state index in [2.05, 4.69) is 13.8 Å². The van der Waals surface area contributed by atoms with E-state index in [9.17, 15) is 0 Å². The summed E-state index contributed by atoms with van der Waals surface area (Å²) in [4.78, 5) is 4.86. The summed E-state index contributed by atoms with van der Waals surface area (Å²) in [5, 5.41) is 1.87. The van der Waals surface area contributed by atoms with Crippen LogP contribution < -0.4 is 14.8 Å². The molecule has 1 aromatic heterocycles. The lowest BCUT2D eigenvalue weighted by atomic mass is 10.1. The number of ether oxygens (including phenoxy) is 2. The molecule has 4 nitrogen and oxygen atoms in total. The molecule has 0 fully saturated rings. The van der Waals surface area contributed by atoms with E-state index in [0.29, 0.717) is 0 Å². The summed E-state index contributed by atoms with van der Waals surface area (Å²) in [5.41, 5.74) is 1.77. The largest absolute Gasteiger partial charge is 0.497 e. The van der Waals surface area contributed by atoms with Crippen LogP contribution in [-0.2, 0) is 0 Å². The fourth-order valence-electron chi connectivity index (χ4n) is 2.61. The first-order valence-corrected chi connectivity index (χ1v) is 8.44. The Morgan fingerprint density at radius 3 is 2.28 bits per heavy atom. The van der Waals surface area contributed by atoms with Gasteiger partial charge in [0.1, 0.15) is 22.8 Å². The SMILES string of the molecule is CCC(C)N=c1cc(-c2ccc(OC)cc2)oc2ccc(OC)cc12. The number of rotatable bonds is 5. The van der Waals surface area contributed by atoms with Gasteiger partial charge < -0.3 is 13.9 Å². The monoisotopic (exact) mass is 337 g/mol. The van der Waals surface area contributed by atoms with Gasteiger partial charge in [-0.2, -0.15) is 0 Å². The summed E-state index contributed by atoms with van der Waals surface area (Å²) < 4.78 is 16.7. The smallest absolute Gasteiger partial charge is 0.137 e. The fourth-order valence-corrected chi connectivity index (χ4v) is 2.61. The summed E-state index contributed by atoms with van der Waals surface area (Å²) >= 11 is 0. The minimum atomic E-state index is 0.237. The molecule has 0 N–H and O–H groups in total. The van der Waals surface area contributed by atoms with Gasteiger partial charge in [0.2, 0.25) is 0 Å². The molecule has 1 heterocycles. The predicted molar refractivity (Wildman–Crippen MR) is 100 cm³/mol. The molecule has 0 saturated carbocycles. The zero-order valence-corrected chi connectivity index (χ0v) is 15.1. The number of hydrogen-bond donors (Lipinski definition) is 0. The van der Waals surface area contributed by atoms with Gasteiger partial charge in [0.05, 0.1) is 19.6 Å². The Bertz CT molecular complexity index is 926. The third kappa shape index (κ3) is 3.68. The Morgan fingerprint density at radius 1 is 0.960 bits per heavy atom. The Hall–Kier alpha value is -2.75. The van der Waals surface area contributed by atoms with E-state index in [1.807, 2.05) is 48.5 Å². The van der Waals surface area contributed by atoms with Crippen molar-refractivity contribution >= 4 is 11.0 Å². The zero-order valence-electron chi connectivity index (χ0n) is 15.1. The van der Waals surface area contributed by atoms with Gasteiger partial charge in [-0.05, 0) is 55.8 Å². The summed E-state index contributed by atoms with van der Waals surface area (Å²) in [6.07, 6.45) is 0.982. The Balaban J connectivity index is 2.22. The third-order valence-corrected chi connectivity index (χ3v) is 4.28. The molecule has 0 saturated heterocycles. The van der Waals surface area contributed by atoms with Crippen molar-refractivity contribution in [3.8, 4) is 22.8 Å². The summed E-state index contributed by atoms with van der Waals surface area (Å²) in [6.45, 7) is 4.25. The molecular formula is C21H23NO3. The first-order valence-electron chi connectivity index (χ1n) is 8.44. The van der Waals surface area contributed by atoms with Crippen LogP contribution in [-0.4, -0.2) is 20.3 Å². The fraction of sp³-hybridized carbons (Fsp3) is 0.286. The molecule has 25 heavy (non-hydrogen) atoms. The Kier molecular flexibility index (Phi) is 5.08. The van der Waals surface area contributed by atoms with E-state index in [1.165, 1.54) is 0 Å². The first-order chi connectivity index (χ1) is 12.1. The average Bonchev–Trinajstić information content (AvgIpc) is 2.67. The van der Waals surface area contributed by atoms with Gasteiger partial charge in [-0.25, -0.2) is 0 Å². The van der Waals surface area contributed by atoms with Crippen LogP contribution in [0, 0.1) is 0 Å². The summed E-state index contributed by atoms with van der Waals surface area (Å²) in [6, 6.07) is 15.9. The first kappa shape index (κ1) is 17.1. The molecule has 130 valence electrons. The second-order valence-corrected chi connectivity index (χ2v) is 5.97. The van der Waals surface area contributed by atoms with Crippen LogP contribution in [0.1, 0.15) is 20.3 Å². The van der Waals surface area contributed by atoms with E-state index in [4.69, 9.17) is 18.9 Å². The van der Waals surface area contributed by atoms with Crippen LogP contribution in [0.15, 0.2) is 57.9 Å². The van der Waals surface area contributed by atoms with Gasteiger partial charge in [-0.3, -0.25) is 4.99 Å². The summed E-state index contributed by atoms with van der Waals surface area (Å²) in [5.74, 6) is 2.39. The van der Waals surface area contributed by atoms with Crippen molar-refractivity contribution in [3.05, 3.63) is 53.9 Å². The van der Waals surface area contributed by atoms with E-state index in [-0.39, 0.29) is 6.04 Å². The van der Waals surface area contributed by atoms with E-state index in [0.717, 1.165) is 45.6 Å². The minimum absolute atomic E-state index is 0.237. The molecule has 0 aliphatic carbocycles. The van der Waals surface area contributed by atoms with Crippen LogP contribution in [0.4, 0.5) is 0 Å². The number of benzene rings is 2. The number of hydrogen-bond acceptors (Lipinski definition) is 4. The van der Waals surface area contributed by atoms with Gasteiger partial charge in [0, 0.05) is 23.1 Å². The molecule has 4 heteroatoms. The van der Waals surface area contributed by atoms with Crippen molar-refractivity contribution in [2.45, 2.75) is 26.3 Å². The average molecular weight is 337 g/mol. The molecule has 0 aliphatic rings. The van der Waals surface area contributed by atoms with Crippen molar-refractivity contribution in [2.75, 3.05) is 14.2 Å². The molecule has 0 amide bonds. The quantitative estimate of drug-likeness (QED) is 0.670. The molecule has 0 spiro atoms. The minimum Gasteiger partial charge on any atom is -0.497 e. The second-order valence-electron chi connectivity index (χ2n) is 5.97. The van der Waals surface area contributed by atoms with Gasteiger partial charge in [-0.15, -0.1) is 0 Å². The topological polar surface area (TPSA) is 44.0 Å². The summed E-state index contributed by atoms with van der Waals surface area (Å²) in [7, 11) is 3.32. The molecule has 2 aromatic carbocycles. The van der Waals surface area contributed by atoms with Crippen molar-refractivity contribution in [1.82, 2.24) is 0 Å². The van der Waals surface area contributed by atoms with Gasteiger partial charge >= 0.3 is 0 Å². The van der Waals surface area contributed by atoms with Crippen LogP contribution in [0.25, 0.3) is 22.3 Å². The maximum atomic E-state index is 6.12. The molecule has 1 atom stereocenters. The van der Waals surface area contributed by atoms with Crippen LogP contribution in [0.2, 0.25) is 0 Å². The zero-order chi connectivity index (χ0) is 17.8. The van der Waals surface area contributed by atoms with E-state index in [1.54, 1.807) is 14.2 Å².